The molecule has 1 N–H and O–H groups in total. The van der Waals surface area contributed by atoms with Gasteiger partial charge in [0.25, 0.3) is 0 Å². The summed E-state index contributed by atoms with van der Waals surface area (Å²) in [6, 6.07) is 13.6. The Kier molecular flexibility index (Phi) is 6.87. The van der Waals surface area contributed by atoms with Crippen LogP contribution in [-0.4, -0.2) is 59.7 Å². The molecule has 0 aliphatic carbocycles. The molecule has 2 aromatic carbocycles. The van der Waals surface area contributed by atoms with Crippen LogP contribution in [0.1, 0.15) is 18.4 Å². The first-order valence-corrected chi connectivity index (χ1v) is 11.3. The van der Waals surface area contributed by atoms with E-state index in [0.717, 1.165) is 16.7 Å². The van der Waals surface area contributed by atoms with Crippen LogP contribution in [0, 0.1) is 11.7 Å². The molecule has 2 aliphatic heterocycles. The predicted octanol–water partition coefficient (Wildman–Crippen LogP) is 2.79. The van der Waals surface area contributed by atoms with E-state index in [9.17, 15) is 18.8 Å². The van der Waals surface area contributed by atoms with Crippen molar-refractivity contribution in [1.82, 2.24) is 15.1 Å². The van der Waals surface area contributed by atoms with Gasteiger partial charge in [-0.15, -0.1) is 6.58 Å². The van der Waals surface area contributed by atoms with Gasteiger partial charge in [0.2, 0.25) is 17.7 Å². The Morgan fingerprint density at radius 3 is 2.61 bits per heavy atom. The highest BCUT2D eigenvalue weighted by Crippen LogP contribution is 2.24. The zero-order valence-corrected chi connectivity index (χ0v) is 18.5. The van der Waals surface area contributed by atoms with Crippen LogP contribution >= 0.6 is 0 Å². The molecular formula is C26H28FN3O3. The maximum absolute atomic E-state index is 13.3. The lowest BCUT2D eigenvalue weighted by atomic mass is 9.94. The molecule has 2 heterocycles. The van der Waals surface area contributed by atoms with Crippen molar-refractivity contribution in [2.75, 3.05) is 26.2 Å². The zero-order valence-electron chi connectivity index (χ0n) is 18.5. The predicted molar refractivity (Wildman–Crippen MR) is 124 cm³/mol. The molecule has 0 spiro atoms. The summed E-state index contributed by atoms with van der Waals surface area (Å²) in [6.45, 7) is 5.35. The standard InChI is InChI=1S/C26H28FN3O3/c1-2-12-29-13-14-30(26(33)23-10-11-24(31)28-23)17-21(25(29)32)16-18-4-3-5-20(15-18)19-6-8-22(27)9-7-19/h2-9,15,21,23H,1,10-14,16-17H2,(H,28,31)/t21-,23+/m1/s1. The van der Waals surface area contributed by atoms with E-state index in [1.807, 2.05) is 24.3 Å². The van der Waals surface area contributed by atoms with Crippen LogP contribution in [0.3, 0.4) is 0 Å². The van der Waals surface area contributed by atoms with Gasteiger partial charge < -0.3 is 15.1 Å². The second kappa shape index (κ2) is 9.98. The van der Waals surface area contributed by atoms with Crippen LogP contribution in [0.5, 0.6) is 0 Å². The molecule has 2 fully saturated rings. The van der Waals surface area contributed by atoms with Gasteiger partial charge in [-0.05, 0) is 41.7 Å². The van der Waals surface area contributed by atoms with Crippen molar-refractivity contribution in [3.8, 4) is 11.1 Å². The molecule has 0 unspecified atom stereocenters. The second-order valence-corrected chi connectivity index (χ2v) is 8.62. The molecule has 172 valence electrons. The summed E-state index contributed by atoms with van der Waals surface area (Å²) in [4.78, 5) is 41.4. The fourth-order valence-corrected chi connectivity index (χ4v) is 4.56. The molecule has 0 aromatic heterocycles. The first-order valence-electron chi connectivity index (χ1n) is 11.3. The van der Waals surface area contributed by atoms with E-state index in [0.29, 0.717) is 45.4 Å². The highest BCUT2D eigenvalue weighted by molar-refractivity contribution is 5.91. The lowest BCUT2D eigenvalue weighted by Crippen LogP contribution is -2.46. The van der Waals surface area contributed by atoms with Crippen molar-refractivity contribution < 1.29 is 18.8 Å². The SMILES string of the molecule is C=CCN1CCN(C(=O)[C@@H]2CCC(=O)N2)C[C@@H](Cc2cccc(-c3ccc(F)cc3)c2)C1=O. The molecule has 2 aromatic rings. The first-order chi connectivity index (χ1) is 15.9. The minimum Gasteiger partial charge on any atom is -0.344 e. The van der Waals surface area contributed by atoms with Gasteiger partial charge in [0.15, 0.2) is 0 Å². The van der Waals surface area contributed by atoms with Crippen LogP contribution in [0.4, 0.5) is 4.39 Å². The maximum Gasteiger partial charge on any atom is 0.245 e. The van der Waals surface area contributed by atoms with Gasteiger partial charge >= 0.3 is 0 Å². The quantitative estimate of drug-likeness (QED) is 0.690. The summed E-state index contributed by atoms with van der Waals surface area (Å²) >= 11 is 0. The fourth-order valence-electron chi connectivity index (χ4n) is 4.56. The van der Waals surface area contributed by atoms with Crippen molar-refractivity contribution in [3.63, 3.8) is 0 Å². The van der Waals surface area contributed by atoms with E-state index in [2.05, 4.69) is 11.9 Å². The Morgan fingerprint density at radius 2 is 1.91 bits per heavy atom. The molecule has 2 atom stereocenters. The number of halogens is 1. The summed E-state index contributed by atoms with van der Waals surface area (Å²) in [6.07, 6.45) is 3.01. The summed E-state index contributed by atoms with van der Waals surface area (Å²) < 4.78 is 13.3. The topological polar surface area (TPSA) is 69.7 Å². The van der Waals surface area contributed by atoms with E-state index in [4.69, 9.17) is 0 Å². The number of rotatable bonds is 6. The molecule has 7 heteroatoms. The third kappa shape index (κ3) is 5.30. The number of benzene rings is 2. The van der Waals surface area contributed by atoms with Gasteiger partial charge in [-0.3, -0.25) is 14.4 Å². The van der Waals surface area contributed by atoms with Crippen molar-refractivity contribution in [2.24, 2.45) is 5.92 Å². The molecule has 0 saturated carbocycles. The summed E-state index contributed by atoms with van der Waals surface area (Å²) in [5, 5.41) is 2.74. The van der Waals surface area contributed by atoms with E-state index in [1.54, 1.807) is 28.0 Å². The maximum atomic E-state index is 13.3. The zero-order chi connectivity index (χ0) is 23.4. The second-order valence-electron chi connectivity index (χ2n) is 8.62. The summed E-state index contributed by atoms with van der Waals surface area (Å²) in [7, 11) is 0. The normalized spacial score (nSPS) is 21.0. The van der Waals surface area contributed by atoms with Gasteiger partial charge in [-0.2, -0.15) is 0 Å². The van der Waals surface area contributed by atoms with Crippen LogP contribution < -0.4 is 5.32 Å². The largest absolute Gasteiger partial charge is 0.344 e. The number of carbonyl (C=O) groups is 3. The van der Waals surface area contributed by atoms with Gasteiger partial charge in [0, 0.05) is 32.6 Å². The monoisotopic (exact) mass is 449 g/mol. The third-order valence-corrected chi connectivity index (χ3v) is 6.28. The van der Waals surface area contributed by atoms with Crippen molar-refractivity contribution in [1.29, 1.82) is 0 Å². The van der Waals surface area contributed by atoms with Gasteiger partial charge in [-0.25, -0.2) is 4.39 Å². The van der Waals surface area contributed by atoms with Crippen LogP contribution in [0.25, 0.3) is 11.1 Å². The van der Waals surface area contributed by atoms with E-state index < -0.39 is 12.0 Å². The number of carbonyl (C=O) groups excluding carboxylic acids is 3. The van der Waals surface area contributed by atoms with Crippen molar-refractivity contribution >= 4 is 17.7 Å². The summed E-state index contributed by atoms with van der Waals surface area (Å²) in [5.41, 5.74) is 2.81. The highest BCUT2D eigenvalue weighted by Gasteiger charge is 2.36. The lowest BCUT2D eigenvalue weighted by Gasteiger charge is -2.26. The van der Waals surface area contributed by atoms with Crippen LogP contribution in [0.2, 0.25) is 0 Å². The molecule has 0 radical (unpaired) electrons. The molecule has 0 bridgehead atoms. The van der Waals surface area contributed by atoms with E-state index >= 15 is 0 Å². The van der Waals surface area contributed by atoms with Gasteiger partial charge in [0.05, 0.1) is 5.92 Å². The lowest BCUT2D eigenvalue weighted by molar-refractivity contribution is -0.136. The molecule has 6 nitrogen and oxygen atoms in total. The van der Waals surface area contributed by atoms with Crippen LogP contribution in [0.15, 0.2) is 61.2 Å². The minimum absolute atomic E-state index is 0.00663. The Hall–Kier alpha value is -3.48. The molecule has 2 saturated heterocycles. The number of amides is 3. The molecular weight excluding hydrogens is 421 g/mol. The Bertz CT molecular complexity index is 1050. The Balaban J connectivity index is 1.55. The smallest absolute Gasteiger partial charge is 0.245 e. The Morgan fingerprint density at radius 1 is 1.12 bits per heavy atom. The van der Waals surface area contributed by atoms with Gasteiger partial charge in [0.1, 0.15) is 11.9 Å². The number of nitrogens with one attached hydrogen (secondary N) is 1. The van der Waals surface area contributed by atoms with E-state index in [-0.39, 0.29) is 23.5 Å². The van der Waals surface area contributed by atoms with Gasteiger partial charge in [-0.1, -0.05) is 42.5 Å². The number of hydrogen-bond acceptors (Lipinski definition) is 3. The molecule has 2 aliphatic rings. The fraction of sp³-hybridized carbons (Fsp3) is 0.346. The molecule has 3 amide bonds. The number of hydrogen-bond donors (Lipinski definition) is 1. The average molecular weight is 450 g/mol. The van der Waals surface area contributed by atoms with Crippen molar-refractivity contribution in [2.45, 2.75) is 25.3 Å². The van der Waals surface area contributed by atoms with Crippen molar-refractivity contribution in [3.05, 3.63) is 72.6 Å². The molecule has 4 rings (SSSR count). The van der Waals surface area contributed by atoms with Crippen LogP contribution in [-0.2, 0) is 20.8 Å². The number of nitrogens with zero attached hydrogens (tertiary/aromatic N) is 2. The minimum atomic E-state index is -0.513. The first kappa shape index (κ1) is 22.7. The third-order valence-electron chi connectivity index (χ3n) is 6.28. The highest BCUT2D eigenvalue weighted by atomic mass is 19.1. The Labute approximate surface area is 193 Å². The molecule has 33 heavy (non-hydrogen) atoms. The average Bonchev–Trinajstić information content (AvgIpc) is 3.19. The summed E-state index contributed by atoms with van der Waals surface area (Å²) in [5.74, 6) is -0.935. The van der Waals surface area contributed by atoms with E-state index in [1.165, 1.54) is 12.1 Å².